The number of aryl methyl sites for hydroxylation is 1. The average Bonchev–Trinajstić information content (AvgIpc) is 3.31. The van der Waals surface area contributed by atoms with Gasteiger partial charge in [-0.3, -0.25) is 0 Å². The van der Waals surface area contributed by atoms with E-state index in [0.29, 0.717) is 18.5 Å². The fraction of sp³-hybridized carbons (Fsp3) is 0.429. The van der Waals surface area contributed by atoms with E-state index in [2.05, 4.69) is 21.1 Å². The van der Waals surface area contributed by atoms with E-state index in [-0.39, 0.29) is 5.56 Å². The van der Waals surface area contributed by atoms with Crippen LogP contribution in [0.2, 0.25) is 0 Å². The molecule has 0 bridgehead atoms. The third-order valence-electron chi connectivity index (χ3n) is 6.29. The number of nitriles is 1. The minimum Gasteiger partial charge on any atom is -0.497 e. The van der Waals surface area contributed by atoms with Crippen molar-refractivity contribution in [3.8, 4) is 11.8 Å². The van der Waals surface area contributed by atoms with Gasteiger partial charge in [0.05, 0.1) is 52.2 Å². The Morgan fingerprint density at radius 1 is 1.19 bits per heavy atom. The van der Waals surface area contributed by atoms with Crippen LogP contribution < -0.4 is 14.8 Å². The fourth-order valence-electron chi connectivity index (χ4n) is 4.20. The van der Waals surface area contributed by atoms with Gasteiger partial charge in [0.25, 0.3) is 0 Å². The van der Waals surface area contributed by atoms with Crippen molar-refractivity contribution < 1.29 is 13.3 Å². The second-order valence-electron chi connectivity index (χ2n) is 10.0. The van der Waals surface area contributed by atoms with Crippen LogP contribution in [0, 0.1) is 17.1 Å². The summed E-state index contributed by atoms with van der Waals surface area (Å²) in [7, 11) is 2.06. The molecule has 0 saturated heterocycles. The highest BCUT2D eigenvalue weighted by atomic mass is 32.2. The van der Waals surface area contributed by atoms with Crippen LogP contribution in [0.3, 0.4) is 0 Å². The lowest BCUT2D eigenvalue weighted by Crippen LogP contribution is -2.50. The number of methoxy groups -OCH3 is 1. The minimum absolute atomic E-state index is 0.0289. The molecule has 0 fully saturated rings. The van der Waals surface area contributed by atoms with E-state index in [9.17, 15) is 13.9 Å². The molecule has 1 aromatic heterocycles. The standard InChI is InChI=1S/C28H36FN5O2S/c1-27(2,3)37(35)33-28(26-19-32-20-34(26)4,23-11-10-22(18-30)25(29)17-23)13-7-14-31-15-12-21-8-6-9-24(16-21)36-5/h6,8-11,16-17,19-20,31,33H,7,12-15H2,1-5H3. The highest BCUT2D eigenvalue weighted by Crippen LogP contribution is 2.36. The zero-order valence-corrected chi connectivity index (χ0v) is 23.0. The van der Waals surface area contributed by atoms with E-state index in [4.69, 9.17) is 4.74 Å². The quantitative estimate of drug-likeness (QED) is 0.343. The molecule has 2 unspecified atom stereocenters. The van der Waals surface area contributed by atoms with Crippen molar-refractivity contribution in [1.29, 1.82) is 5.26 Å². The van der Waals surface area contributed by atoms with Crippen LogP contribution >= 0.6 is 0 Å². The van der Waals surface area contributed by atoms with Crippen molar-refractivity contribution in [1.82, 2.24) is 19.6 Å². The van der Waals surface area contributed by atoms with Crippen LogP contribution in [-0.2, 0) is 30.0 Å². The predicted octanol–water partition coefficient (Wildman–Crippen LogP) is 4.35. The molecule has 198 valence electrons. The first-order valence-corrected chi connectivity index (χ1v) is 13.5. The van der Waals surface area contributed by atoms with Gasteiger partial charge in [0.15, 0.2) is 0 Å². The minimum atomic E-state index is -1.46. The Bertz CT molecular complexity index is 1260. The molecule has 37 heavy (non-hydrogen) atoms. The third kappa shape index (κ3) is 7.04. The molecule has 2 atom stereocenters. The van der Waals surface area contributed by atoms with Crippen LogP contribution in [-0.4, -0.2) is 38.7 Å². The van der Waals surface area contributed by atoms with E-state index in [1.807, 2.05) is 56.7 Å². The van der Waals surface area contributed by atoms with E-state index in [1.165, 1.54) is 17.7 Å². The van der Waals surface area contributed by atoms with Crippen molar-refractivity contribution in [2.45, 2.75) is 50.3 Å². The first kappa shape index (κ1) is 28.5. The Labute approximate surface area is 221 Å². The predicted molar refractivity (Wildman–Crippen MR) is 145 cm³/mol. The van der Waals surface area contributed by atoms with Gasteiger partial charge in [0.2, 0.25) is 0 Å². The lowest BCUT2D eigenvalue weighted by Gasteiger charge is -2.37. The summed E-state index contributed by atoms with van der Waals surface area (Å²) in [6.07, 6.45) is 5.51. The lowest BCUT2D eigenvalue weighted by atomic mass is 9.83. The van der Waals surface area contributed by atoms with Crippen LogP contribution in [0.4, 0.5) is 4.39 Å². The van der Waals surface area contributed by atoms with Gasteiger partial charge in [-0.05, 0) is 88.5 Å². The second kappa shape index (κ2) is 12.5. The van der Waals surface area contributed by atoms with E-state index in [1.54, 1.807) is 25.7 Å². The number of rotatable bonds is 12. The maximum atomic E-state index is 14.8. The van der Waals surface area contributed by atoms with E-state index >= 15 is 0 Å². The maximum Gasteiger partial charge on any atom is 0.141 e. The van der Waals surface area contributed by atoms with Gasteiger partial charge in [-0.25, -0.2) is 18.3 Å². The van der Waals surface area contributed by atoms with Crippen LogP contribution in [0.15, 0.2) is 55.0 Å². The van der Waals surface area contributed by atoms with Gasteiger partial charge >= 0.3 is 0 Å². The molecule has 0 aliphatic heterocycles. The molecule has 1 heterocycles. The zero-order valence-electron chi connectivity index (χ0n) is 22.2. The molecule has 2 aromatic carbocycles. The Balaban J connectivity index is 1.84. The molecule has 3 aromatic rings. The summed E-state index contributed by atoms with van der Waals surface area (Å²) in [6, 6.07) is 14.5. The molecule has 2 N–H and O–H groups in total. The van der Waals surface area contributed by atoms with Gasteiger partial charge in [-0.2, -0.15) is 5.26 Å². The van der Waals surface area contributed by atoms with Gasteiger partial charge in [-0.15, -0.1) is 0 Å². The number of ether oxygens (including phenoxy) is 1. The molecule has 7 nitrogen and oxygen atoms in total. The molecule has 0 aliphatic carbocycles. The number of aromatic nitrogens is 2. The van der Waals surface area contributed by atoms with Gasteiger partial charge < -0.3 is 14.6 Å². The van der Waals surface area contributed by atoms with Crippen LogP contribution in [0.25, 0.3) is 0 Å². The molecule has 3 rings (SSSR count). The number of benzene rings is 2. The van der Waals surface area contributed by atoms with Crippen LogP contribution in [0.5, 0.6) is 5.75 Å². The van der Waals surface area contributed by atoms with Crippen molar-refractivity contribution in [3.05, 3.63) is 83.2 Å². The number of halogens is 1. The molecular formula is C28H36FN5O2S. The first-order valence-electron chi connectivity index (χ1n) is 12.3. The number of nitrogens with one attached hydrogen (secondary N) is 2. The largest absolute Gasteiger partial charge is 0.497 e. The summed E-state index contributed by atoms with van der Waals surface area (Å²) in [6.45, 7) is 7.18. The van der Waals surface area contributed by atoms with Gasteiger partial charge in [-0.1, -0.05) is 18.2 Å². The van der Waals surface area contributed by atoms with E-state index in [0.717, 1.165) is 30.8 Å². The summed E-state index contributed by atoms with van der Waals surface area (Å²) >= 11 is 0. The molecule has 9 heteroatoms. The number of hydrogen-bond acceptors (Lipinski definition) is 5. The highest BCUT2D eigenvalue weighted by molar-refractivity contribution is 7.84. The Morgan fingerprint density at radius 3 is 2.59 bits per heavy atom. The maximum absolute atomic E-state index is 14.8. The monoisotopic (exact) mass is 525 g/mol. The normalized spacial score (nSPS) is 14.1. The number of imidazole rings is 1. The smallest absolute Gasteiger partial charge is 0.141 e. The second-order valence-corrected chi connectivity index (χ2v) is 12.0. The summed E-state index contributed by atoms with van der Waals surface area (Å²) in [5.41, 5.74) is 1.55. The van der Waals surface area contributed by atoms with Crippen LogP contribution in [0.1, 0.15) is 56.0 Å². The van der Waals surface area contributed by atoms with Gasteiger partial charge in [0, 0.05) is 7.05 Å². The van der Waals surface area contributed by atoms with Crippen molar-refractivity contribution >= 4 is 11.0 Å². The van der Waals surface area contributed by atoms with Crippen molar-refractivity contribution in [3.63, 3.8) is 0 Å². The Kier molecular flexibility index (Phi) is 9.60. The Hall–Kier alpha value is -3.06. The summed E-state index contributed by atoms with van der Waals surface area (Å²) in [5, 5.41) is 12.7. The lowest BCUT2D eigenvalue weighted by molar-refractivity contribution is 0.399. The third-order valence-corrected chi connectivity index (χ3v) is 7.94. The van der Waals surface area contributed by atoms with Crippen molar-refractivity contribution in [2.24, 2.45) is 7.05 Å². The number of nitrogens with zero attached hydrogens (tertiary/aromatic N) is 3. The first-order chi connectivity index (χ1) is 17.6. The SMILES string of the molecule is COc1cccc(CCNCCCC(NS(=O)C(C)(C)C)(c2ccc(C#N)c(F)c2)c2cncn2C)c1. The molecule has 0 radical (unpaired) electrons. The van der Waals surface area contributed by atoms with Gasteiger partial charge in [0.1, 0.15) is 17.6 Å². The summed E-state index contributed by atoms with van der Waals surface area (Å²) < 4.78 is 38.2. The summed E-state index contributed by atoms with van der Waals surface area (Å²) in [4.78, 5) is 4.30. The number of hydrogen-bond donors (Lipinski definition) is 2. The molecule has 0 amide bonds. The van der Waals surface area contributed by atoms with Crippen molar-refractivity contribution in [2.75, 3.05) is 20.2 Å². The highest BCUT2D eigenvalue weighted by Gasteiger charge is 2.40. The zero-order chi connectivity index (χ0) is 27.1. The Morgan fingerprint density at radius 2 is 1.97 bits per heavy atom. The average molecular weight is 526 g/mol. The topological polar surface area (TPSA) is 92.0 Å². The molecule has 0 spiro atoms. The fourth-order valence-corrected chi connectivity index (χ4v) is 5.14. The summed E-state index contributed by atoms with van der Waals surface area (Å²) in [5.74, 6) is 0.234. The molecule has 0 aliphatic rings. The molecule has 0 saturated carbocycles. The molecular weight excluding hydrogens is 489 g/mol. The van der Waals surface area contributed by atoms with E-state index < -0.39 is 27.1 Å².